The van der Waals surface area contributed by atoms with E-state index >= 15 is 0 Å². The number of fused-ring (bicyclic) bond motifs is 3. The predicted octanol–water partition coefficient (Wildman–Crippen LogP) is 2.73. The largest absolute Gasteiger partial charge is 0.483 e. The summed E-state index contributed by atoms with van der Waals surface area (Å²) in [5.74, 6) is 1.16. The predicted molar refractivity (Wildman–Crippen MR) is 172 cm³/mol. The van der Waals surface area contributed by atoms with Crippen LogP contribution in [0.4, 0.5) is 5.95 Å². The monoisotopic (exact) mass is 630 g/mol. The maximum absolute atomic E-state index is 14.0. The van der Waals surface area contributed by atoms with Crippen molar-refractivity contribution in [3.63, 3.8) is 0 Å². The fourth-order valence-corrected chi connectivity index (χ4v) is 5.55. The van der Waals surface area contributed by atoms with E-state index in [2.05, 4.69) is 59.2 Å². The Bertz CT molecular complexity index is 1400. The summed E-state index contributed by atoms with van der Waals surface area (Å²) in [6.45, 7) is 9.53. The summed E-state index contributed by atoms with van der Waals surface area (Å²) in [5.41, 5.74) is 1.88. The van der Waals surface area contributed by atoms with Crippen LogP contribution in [0.15, 0.2) is 29.2 Å². The van der Waals surface area contributed by atoms with E-state index in [1.54, 1.807) is 0 Å². The number of piperazine rings is 1. The average molecular weight is 631 g/mol. The molecule has 5 N–H and O–H groups in total. The highest BCUT2D eigenvalue weighted by Crippen LogP contribution is 2.32. The van der Waals surface area contributed by atoms with Crippen LogP contribution in [-0.4, -0.2) is 110 Å². The Morgan fingerprint density at radius 2 is 1.53 bits per heavy atom. The second-order valence-electron chi connectivity index (χ2n) is 11.5. The van der Waals surface area contributed by atoms with Gasteiger partial charge >= 0.3 is 0 Å². The quantitative estimate of drug-likeness (QED) is 0.189. The van der Waals surface area contributed by atoms with Gasteiger partial charge in [-0.25, -0.2) is 4.98 Å². The smallest absolute Gasteiger partial charge is 0.290 e. The van der Waals surface area contributed by atoms with Crippen molar-refractivity contribution < 1.29 is 34.8 Å². The van der Waals surface area contributed by atoms with Crippen LogP contribution in [0.5, 0.6) is 0 Å². The Labute approximate surface area is 262 Å². The first kappa shape index (κ1) is 37.0. The Morgan fingerprint density at radius 1 is 0.933 bits per heavy atom. The lowest BCUT2D eigenvalue weighted by Gasteiger charge is -2.32. The number of aromatic nitrogens is 3. The molecule has 0 spiro atoms. The summed E-state index contributed by atoms with van der Waals surface area (Å²) < 4.78 is 1.90. The number of anilines is 1. The molecule has 3 heterocycles. The van der Waals surface area contributed by atoms with Crippen LogP contribution in [0.2, 0.25) is 0 Å². The molecular formula is C31H46N6O8. The molecule has 1 saturated carbocycles. The summed E-state index contributed by atoms with van der Waals surface area (Å²) in [6, 6.07) is 6.34. The molecule has 5 rings (SSSR count). The van der Waals surface area contributed by atoms with Crippen molar-refractivity contribution >= 4 is 47.2 Å². The first-order valence-corrected chi connectivity index (χ1v) is 15.0. The maximum atomic E-state index is 14.0. The molecule has 2 aliphatic rings. The van der Waals surface area contributed by atoms with Crippen LogP contribution in [0, 0.1) is 5.92 Å². The zero-order valence-corrected chi connectivity index (χ0v) is 26.2. The van der Waals surface area contributed by atoms with Crippen molar-refractivity contribution in [3.05, 3.63) is 40.3 Å². The molecule has 14 nitrogen and oxygen atoms in total. The minimum atomic E-state index is -0.276. The van der Waals surface area contributed by atoms with Crippen molar-refractivity contribution in [2.24, 2.45) is 5.92 Å². The number of hydrogen-bond acceptors (Lipinski definition) is 10. The standard InChI is InChI=1S/C28H40N6O2.3CH2O2/c1-19(2)10-11-29-28-30-17-25-23-9-4-20(18-33-14-12-32(3)13-15-33)16-24(23)27(36)34(26(25)31-28)21-5-7-22(35)8-6-21;3*2-1-3/h4,9,16-17,19,21-22,35H,5-8,10-15,18H2,1-3H3,(H,29,30,31);3*1H,(H,2,3)/t21-,22-;;;. The fraction of sp³-hybridized carbons (Fsp3) is 0.548. The molecule has 0 radical (unpaired) electrons. The SMILES string of the molecule is CC(C)CCNc1ncc2c3ccc(CN4CCN(C)CC4)cc3c(=O)n([C@H]3CC[C@H](O)CC3)c2n1.O=CO.O=CO.O=CO. The first-order valence-electron chi connectivity index (χ1n) is 15.0. The number of nitrogens with zero attached hydrogens (tertiary/aromatic N) is 5. The van der Waals surface area contributed by atoms with Gasteiger partial charge in [-0.15, -0.1) is 0 Å². The van der Waals surface area contributed by atoms with Gasteiger partial charge in [-0.1, -0.05) is 26.0 Å². The molecule has 1 aliphatic carbocycles. The molecule has 3 aromatic rings. The van der Waals surface area contributed by atoms with Crippen molar-refractivity contribution in [2.75, 3.05) is 45.1 Å². The Balaban J connectivity index is 0.000000703. The normalized spacial score (nSPS) is 18.4. The third-order valence-electron chi connectivity index (χ3n) is 7.86. The molecule has 1 aliphatic heterocycles. The molecule has 0 unspecified atom stereocenters. The highest BCUT2D eigenvalue weighted by atomic mass is 16.4. The van der Waals surface area contributed by atoms with E-state index in [1.807, 2.05) is 10.8 Å². The topological polar surface area (TPSA) is 198 Å². The van der Waals surface area contributed by atoms with Crippen LogP contribution < -0.4 is 10.9 Å². The average Bonchev–Trinajstić information content (AvgIpc) is 3.00. The van der Waals surface area contributed by atoms with Crippen molar-refractivity contribution in [1.29, 1.82) is 0 Å². The number of pyridine rings is 1. The molecule has 1 aromatic carbocycles. The molecule has 2 aromatic heterocycles. The van der Waals surface area contributed by atoms with Gasteiger partial charge in [-0.2, -0.15) is 4.98 Å². The van der Waals surface area contributed by atoms with Gasteiger partial charge < -0.3 is 30.6 Å². The highest BCUT2D eigenvalue weighted by molar-refractivity contribution is 6.04. The maximum Gasteiger partial charge on any atom is 0.290 e. The minimum absolute atomic E-state index is 0.0194. The molecule has 45 heavy (non-hydrogen) atoms. The van der Waals surface area contributed by atoms with Gasteiger partial charge in [0.05, 0.1) is 6.10 Å². The molecule has 0 atom stereocenters. The van der Waals surface area contributed by atoms with E-state index in [9.17, 15) is 9.90 Å². The fourth-order valence-electron chi connectivity index (χ4n) is 5.55. The number of benzene rings is 1. The molecule has 248 valence electrons. The Kier molecular flexibility index (Phi) is 15.9. The third kappa shape index (κ3) is 11.1. The Morgan fingerprint density at radius 3 is 2.11 bits per heavy atom. The van der Waals surface area contributed by atoms with Gasteiger partial charge in [-0.3, -0.25) is 28.6 Å². The van der Waals surface area contributed by atoms with Gasteiger partial charge in [0.25, 0.3) is 25.0 Å². The molecule has 14 heteroatoms. The van der Waals surface area contributed by atoms with E-state index in [4.69, 9.17) is 34.7 Å². The molecule has 2 fully saturated rings. The van der Waals surface area contributed by atoms with E-state index in [1.165, 1.54) is 5.56 Å². The van der Waals surface area contributed by atoms with Crippen LogP contribution in [0.1, 0.15) is 57.6 Å². The van der Waals surface area contributed by atoms with E-state index in [0.717, 1.165) is 74.7 Å². The number of hydrogen-bond donors (Lipinski definition) is 5. The summed E-state index contributed by atoms with van der Waals surface area (Å²) in [5, 5.41) is 36.7. The van der Waals surface area contributed by atoms with Gasteiger partial charge in [-0.05, 0) is 62.1 Å². The molecule has 1 saturated heterocycles. The zero-order valence-electron chi connectivity index (χ0n) is 26.2. The van der Waals surface area contributed by atoms with Crippen molar-refractivity contribution in [1.82, 2.24) is 24.3 Å². The zero-order chi connectivity index (χ0) is 33.4. The van der Waals surface area contributed by atoms with E-state index in [0.29, 0.717) is 30.4 Å². The lowest BCUT2D eigenvalue weighted by atomic mass is 9.92. The van der Waals surface area contributed by atoms with E-state index < -0.39 is 0 Å². The number of carbonyl (C=O) groups is 3. The summed E-state index contributed by atoms with van der Waals surface area (Å²) >= 11 is 0. The van der Waals surface area contributed by atoms with Crippen LogP contribution in [0.3, 0.4) is 0 Å². The van der Waals surface area contributed by atoms with Gasteiger partial charge in [0.15, 0.2) is 0 Å². The van der Waals surface area contributed by atoms with Gasteiger partial charge in [0, 0.05) is 62.3 Å². The highest BCUT2D eigenvalue weighted by Gasteiger charge is 2.25. The number of aliphatic hydroxyl groups is 1. The number of rotatable bonds is 7. The number of aliphatic hydroxyl groups excluding tert-OH is 1. The molecular weight excluding hydrogens is 584 g/mol. The summed E-state index contributed by atoms with van der Waals surface area (Å²) in [4.78, 5) is 53.4. The van der Waals surface area contributed by atoms with Crippen LogP contribution in [0.25, 0.3) is 21.8 Å². The second kappa shape index (κ2) is 19.3. The van der Waals surface area contributed by atoms with Gasteiger partial charge in [0.1, 0.15) is 5.65 Å². The summed E-state index contributed by atoms with van der Waals surface area (Å²) in [7, 11) is 2.17. The lowest BCUT2D eigenvalue weighted by molar-refractivity contribution is -0.123. The van der Waals surface area contributed by atoms with Crippen molar-refractivity contribution in [3.8, 4) is 0 Å². The van der Waals surface area contributed by atoms with Crippen LogP contribution in [-0.2, 0) is 20.9 Å². The first-order chi connectivity index (χ1) is 21.6. The molecule has 0 amide bonds. The Hall–Kier alpha value is -4.14. The minimum Gasteiger partial charge on any atom is -0.483 e. The van der Waals surface area contributed by atoms with Crippen molar-refractivity contribution in [2.45, 2.75) is 64.6 Å². The third-order valence-corrected chi connectivity index (χ3v) is 7.86. The van der Waals surface area contributed by atoms with E-state index in [-0.39, 0.29) is 37.1 Å². The number of likely N-dealkylation sites (N-methyl/N-ethyl adjacent to an activating group) is 1. The van der Waals surface area contributed by atoms with Crippen LogP contribution >= 0.6 is 0 Å². The number of carboxylic acid groups (broad SMARTS) is 3. The second-order valence-corrected chi connectivity index (χ2v) is 11.5. The lowest BCUT2D eigenvalue weighted by Crippen LogP contribution is -2.43. The number of nitrogens with one attached hydrogen (secondary N) is 1. The molecule has 0 bridgehead atoms. The summed E-state index contributed by atoms with van der Waals surface area (Å²) in [6.07, 6.45) is 5.61. The van der Waals surface area contributed by atoms with Gasteiger partial charge in [0.2, 0.25) is 5.95 Å².